The van der Waals surface area contributed by atoms with Crippen LogP contribution in [0.4, 0.5) is 4.39 Å². The maximum atomic E-state index is 13.5. The van der Waals surface area contributed by atoms with Crippen LogP contribution in [0.25, 0.3) is 11.1 Å². The lowest BCUT2D eigenvalue weighted by Crippen LogP contribution is -2.54. The van der Waals surface area contributed by atoms with Gasteiger partial charge in [0.1, 0.15) is 11.9 Å². The van der Waals surface area contributed by atoms with Gasteiger partial charge in [-0.05, 0) is 97.6 Å². The predicted octanol–water partition coefficient (Wildman–Crippen LogP) is 4.41. The highest BCUT2D eigenvalue weighted by Crippen LogP contribution is 2.42. The van der Waals surface area contributed by atoms with E-state index in [1.807, 2.05) is 23.1 Å². The van der Waals surface area contributed by atoms with Gasteiger partial charge in [-0.3, -0.25) is 39.1 Å². The van der Waals surface area contributed by atoms with E-state index in [1.54, 1.807) is 24.3 Å². The molecule has 10 heteroatoms. The van der Waals surface area contributed by atoms with Gasteiger partial charge < -0.3 is 4.90 Å². The highest BCUT2D eigenvalue weighted by Gasteiger charge is 2.45. The first-order chi connectivity index (χ1) is 22.2. The van der Waals surface area contributed by atoms with Crippen LogP contribution in [0.2, 0.25) is 0 Å². The molecular formula is C36H35FN4O5. The molecule has 0 radical (unpaired) electrons. The third-order valence-corrected chi connectivity index (χ3v) is 10.3. The summed E-state index contributed by atoms with van der Waals surface area (Å²) >= 11 is 0. The van der Waals surface area contributed by atoms with Crippen LogP contribution in [0.15, 0.2) is 66.7 Å². The topological polar surface area (TPSA) is 107 Å². The Hall–Kier alpha value is -4.70. The quantitative estimate of drug-likeness (QED) is 0.423. The van der Waals surface area contributed by atoms with E-state index in [2.05, 4.69) is 22.3 Å². The Balaban J connectivity index is 0.963. The van der Waals surface area contributed by atoms with Gasteiger partial charge in [0.2, 0.25) is 11.8 Å². The molecule has 0 saturated carbocycles. The molecule has 1 atom stereocenters. The second kappa shape index (κ2) is 11.9. The summed E-state index contributed by atoms with van der Waals surface area (Å²) in [5.74, 6) is -2.42. The van der Waals surface area contributed by atoms with Gasteiger partial charge in [-0.15, -0.1) is 0 Å². The molecule has 1 N–H and O–H groups in total. The van der Waals surface area contributed by atoms with Crippen LogP contribution in [0.1, 0.15) is 75.2 Å². The summed E-state index contributed by atoms with van der Waals surface area (Å²) < 4.78 is 13.3. The van der Waals surface area contributed by atoms with Crippen molar-refractivity contribution in [3.63, 3.8) is 0 Å². The van der Waals surface area contributed by atoms with E-state index < -0.39 is 29.7 Å². The highest BCUT2D eigenvalue weighted by atomic mass is 19.1. The van der Waals surface area contributed by atoms with Crippen LogP contribution in [0.3, 0.4) is 0 Å². The normalized spacial score (nSPS) is 21.5. The van der Waals surface area contributed by atoms with Crippen molar-refractivity contribution in [1.82, 2.24) is 20.0 Å². The van der Waals surface area contributed by atoms with Crippen molar-refractivity contribution >= 4 is 29.5 Å². The molecule has 3 fully saturated rings. The summed E-state index contributed by atoms with van der Waals surface area (Å²) in [4.78, 5) is 69.0. The zero-order valence-electron chi connectivity index (χ0n) is 25.5. The Bertz CT molecular complexity index is 1720. The summed E-state index contributed by atoms with van der Waals surface area (Å²) in [5, 5.41) is 2.24. The number of nitrogens with one attached hydrogen (secondary N) is 1. The molecule has 0 bridgehead atoms. The minimum atomic E-state index is -1.000. The van der Waals surface area contributed by atoms with Gasteiger partial charge in [0, 0.05) is 31.6 Å². The lowest BCUT2D eigenvalue weighted by atomic mass is 9.71. The number of imide groups is 2. The summed E-state index contributed by atoms with van der Waals surface area (Å²) in [6.07, 6.45) is 4.32. The smallest absolute Gasteiger partial charge is 0.262 e. The first-order valence-corrected chi connectivity index (χ1v) is 15.9. The zero-order valence-corrected chi connectivity index (χ0v) is 25.5. The average Bonchev–Trinajstić information content (AvgIpc) is 3.32. The maximum absolute atomic E-state index is 13.5. The molecule has 4 aliphatic rings. The number of hydrogen-bond acceptors (Lipinski definition) is 6. The maximum Gasteiger partial charge on any atom is 0.262 e. The first-order valence-electron chi connectivity index (χ1n) is 15.9. The fourth-order valence-corrected chi connectivity index (χ4v) is 7.45. The van der Waals surface area contributed by atoms with Crippen molar-refractivity contribution < 1.29 is 28.4 Å². The van der Waals surface area contributed by atoms with E-state index in [4.69, 9.17) is 0 Å². The number of benzene rings is 3. The van der Waals surface area contributed by atoms with Gasteiger partial charge >= 0.3 is 0 Å². The fourth-order valence-electron chi connectivity index (χ4n) is 7.45. The number of halogens is 1. The third kappa shape index (κ3) is 5.51. The number of carbonyl (C=O) groups is 5. The number of likely N-dealkylation sites (tertiary alicyclic amines) is 2. The van der Waals surface area contributed by atoms with Crippen LogP contribution in [0.5, 0.6) is 0 Å². The molecule has 4 aliphatic heterocycles. The number of fused-ring (bicyclic) bond motifs is 1. The Morgan fingerprint density at radius 1 is 0.804 bits per heavy atom. The molecule has 9 nitrogen and oxygen atoms in total. The number of amides is 5. The fraction of sp³-hybridized carbons (Fsp3) is 0.361. The molecule has 1 unspecified atom stereocenters. The molecule has 5 amide bonds. The van der Waals surface area contributed by atoms with Gasteiger partial charge in [0.15, 0.2) is 0 Å². The summed E-state index contributed by atoms with van der Waals surface area (Å²) in [7, 11) is 0. The molecule has 1 spiro atoms. The van der Waals surface area contributed by atoms with Crippen molar-refractivity contribution in [3.05, 3.63) is 94.8 Å². The largest absolute Gasteiger partial charge is 0.339 e. The summed E-state index contributed by atoms with van der Waals surface area (Å²) in [6.45, 7) is 4.21. The van der Waals surface area contributed by atoms with E-state index in [9.17, 15) is 28.4 Å². The van der Waals surface area contributed by atoms with Crippen molar-refractivity contribution in [1.29, 1.82) is 0 Å². The Labute approximate surface area is 266 Å². The van der Waals surface area contributed by atoms with E-state index in [0.717, 1.165) is 74.4 Å². The number of carbonyl (C=O) groups excluding carboxylic acids is 5. The summed E-state index contributed by atoms with van der Waals surface area (Å²) in [6, 6.07) is 18.0. The lowest BCUT2D eigenvalue weighted by molar-refractivity contribution is -0.136. The van der Waals surface area contributed by atoms with Crippen molar-refractivity contribution in [2.75, 3.05) is 26.2 Å². The molecule has 236 valence electrons. The van der Waals surface area contributed by atoms with E-state index in [1.165, 1.54) is 12.1 Å². The monoisotopic (exact) mass is 622 g/mol. The predicted molar refractivity (Wildman–Crippen MR) is 167 cm³/mol. The Kier molecular flexibility index (Phi) is 7.76. The molecule has 3 aromatic carbocycles. The van der Waals surface area contributed by atoms with Gasteiger partial charge in [-0.1, -0.05) is 36.4 Å². The lowest BCUT2D eigenvalue weighted by Gasteiger charge is -2.47. The standard InChI is InChI=1S/C36H35FN4O5/c37-26-10-8-25(9-11-26)33(44)40-20-16-36(17-21-40)14-18-39(19-15-36)22-23-4-6-24(7-5-23)27-2-1-3-28-31(27)35(46)41(34(28)45)29-12-13-30(42)38-32(29)43/h1-11,29H,12-22H2,(H,38,42,43). The highest BCUT2D eigenvalue weighted by molar-refractivity contribution is 6.25. The van der Waals surface area contributed by atoms with Crippen molar-refractivity contribution in [2.24, 2.45) is 5.41 Å². The molecule has 0 aromatic heterocycles. The number of nitrogens with zero attached hydrogens (tertiary/aromatic N) is 3. The second-order valence-electron chi connectivity index (χ2n) is 12.9. The van der Waals surface area contributed by atoms with Crippen molar-refractivity contribution in [2.45, 2.75) is 51.1 Å². The SMILES string of the molecule is O=C1CCC(N2C(=O)c3cccc(-c4ccc(CN5CCC6(CC5)CCN(C(=O)c5ccc(F)cc5)CC6)cc4)c3C2=O)C(=O)N1. The van der Waals surface area contributed by atoms with Crippen LogP contribution in [-0.4, -0.2) is 76.5 Å². The van der Waals surface area contributed by atoms with Gasteiger partial charge in [0.05, 0.1) is 11.1 Å². The Morgan fingerprint density at radius 3 is 2.13 bits per heavy atom. The Morgan fingerprint density at radius 2 is 1.46 bits per heavy atom. The average molecular weight is 623 g/mol. The minimum absolute atomic E-state index is 0.0289. The van der Waals surface area contributed by atoms with Crippen LogP contribution in [0, 0.1) is 11.2 Å². The molecule has 7 rings (SSSR count). The van der Waals surface area contributed by atoms with Crippen LogP contribution in [-0.2, 0) is 16.1 Å². The zero-order chi connectivity index (χ0) is 32.0. The van der Waals surface area contributed by atoms with Crippen LogP contribution >= 0.6 is 0 Å². The second-order valence-corrected chi connectivity index (χ2v) is 12.9. The van der Waals surface area contributed by atoms with E-state index >= 15 is 0 Å². The molecule has 0 aliphatic carbocycles. The summed E-state index contributed by atoms with van der Waals surface area (Å²) in [5.41, 5.74) is 3.94. The van der Waals surface area contributed by atoms with E-state index in [0.29, 0.717) is 11.1 Å². The molecular weight excluding hydrogens is 587 g/mol. The third-order valence-electron chi connectivity index (χ3n) is 10.3. The molecule has 3 aromatic rings. The number of hydrogen-bond donors (Lipinski definition) is 1. The first kappa shape index (κ1) is 30.0. The molecule has 46 heavy (non-hydrogen) atoms. The van der Waals surface area contributed by atoms with Gasteiger partial charge in [0.25, 0.3) is 17.7 Å². The number of rotatable bonds is 5. The van der Waals surface area contributed by atoms with Gasteiger partial charge in [-0.2, -0.15) is 0 Å². The molecule has 4 heterocycles. The molecule has 3 saturated heterocycles. The van der Waals surface area contributed by atoms with E-state index in [-0.39, 0.29) is 41.1 Å². The number of piperidine rings is 3. The van der Waals surface area contributed by atoms with Crippen LogP contribution < -0.4 is 5.32 Å². The minimum Gasteiger partial charge on any atom is -0.339 e. The van der Waals surface area contributed by atoms with Crippen molar-refractivity contribution in [3.8, 4) is 11.1 Å². The van der Waals surface area contributed by atoms with Gasteiger partial charge in [-0.25, -0.2) is 4.39 Å².